The number of carboxylic acids is 1. The van der Waals surface area contributed by atoms with Crippen LogP contribution in [0.15, 0.2) is 10.7 Å². The lowest BCUT2D eigenvalue weighted by atomic mass is 9.98. The fraction of sp³-hybridized carbons (Fsp3) is 0.583. The first-order chi connectivity index (χ1) is 9.07. The lowest BCUT2D eigenvalue weighted by Gasteiger charge is -2.23. The van der Waals surface area contributed by atoms with Crippen LogP contribution in [-0.4, -0.2) is 34.2 Å². The molecule has 1 aromatic rings. The molecule has 1 heterocycles. The first kappa shape index (κ1) is 13.4. The van der Waals surface area contributed by atoms with Gasteiger partial charge in [-0.15, -0.1) is 0 Å². The summed E-state index contributed by atoms with van der Waals surface area (Å²) in [7, 11) is 0. The molecule has 2 N–H and O–H groups in total. The molecule has 1 fully saturated rings. The number of carbonyl (C=O) groups excluding carboxylic acids is 1. The van der Waals surface area contributed by atoms with Crippen molar-refractivity contribution in [3.8, 4) is 0 Å². The maximum absolute atomic E-state index is 11.4. The third-order valence-electron chi connectivity index (χ3n) is 3.20. The van der Waals surface area contributed by atoms with Gasteiger partial charge in [0.2, 0.25) is 0 Å². The molecule has 1 aromatic heterocycles. The molecule has 1 aliphatic carbocycles. The number of aromatic nitrogens is 1. The minimum atomic E-state index is -1.04. The van der Waals surface area contributed by atoms with E-state index in [1.165, 1.54) is 0 Å². The number of hydrogen-bond donors (Lipinski definition) is 2. The van der Waals surface area contributed by atoms with Crippen LogP contribution in [0.1, 0.15) is 43.1 Å². The van der Waals surface area contributed by atoms with Gasteiger partial charge in [0.15, 0.2) is 5.69 Å². The van der Waals surface area contributed by atoms with E-state index in [0.717, 1.165) is 19.1 Å². The number of carboxylic acid groups (broad SMARTS) is 1. The molecular weight excluding hydrogens is 252 g/mol. The van der Waals surface area contributed by atoms with Gasteiger partial charge in [-0.25, -0.2) is 9.59 Å². The second-order valence-corrected chi connectivity index (χ2v) is 4.48. The Morgan fingerprint density at radius 1 is 1.53 bits per heavy atom. The number of rotatable bonds is 5. The Bertz CT molecular complexity index is 476. The van der Waals surface area contributed by atoms with E-state index in [0.29, 0.717) is 12.8 Å². The maximum Gasteiger partial charge on any atom is 0.360 e. The summed E-state index contributed by atoms with van der Waals surface area (Å²) in [5.74, 6) is -1.52. The van der Waals surface area contributed by atoms with Crippen molar-refractivity contribution in [2.75, 3.05) is 11.9 Å². The van der Waals surface area contributed by atoms with Crippen LogP contribution in [0.5, 0.6) is 0 Å². The average Bonchev–Trinajstić information content (AvgIpc) is 3.00. The third-order valence-corrected chi connectivity index (χ3v) is 3.20. The number of ether oxygens (including phenoxy) is 1. The van der Waals surface area contributed by atoms with Gasteiger partial charge in [0.25, 0.3) is 6.01 Å². The predicted molar refractivity (Wildman–Crippen MR) is 64.9 cm³/mol. The topological polar surface area (TPSA) is 102 Å². The summed E-state index contributed by atoms with van der Waals surface area (Å²) in [6.07, 6.45) is 3.86. The SMILES string of the molecule is CCOC(=O)c1coc(NC2(C(=O)O)CCCC2)n1. The molecule has 0 saturated heterocycles. The second kappa shape index (κ2) is 5.29. The van der Waals surface area contributed by atoms with Crippen LogP contribution in [0.25, 0.3) is 0 Å². The summed E-state index contributed by atoms with van der Waals surface area (Å²) < 4.78 is 9.86. The molecular formula is C12H16N2O5. The van der Waals surface area contributed by atoms with E-state index >= 15 is 0 Å². The average molecular weight is 268 g/mol. The Morgan fingerprint density at radius 2 is 2.21 bits per heavy atom. The summed E-state index contributed by atoms with van der Waals surface area (Å²) in [6.45, 7) is 1.93. The van der Waals surface area contributed by atoms with E-state index in [1.807, 2.05) is 0 Å². The number of carbonyl (C=O) groups is 2. The number of oxazole rings is 1. The van der Waals surface area contributed by atoms with Crippen LogP contribution < -0.4 is 5.32 Å². The molecule has 0 amide bonds. The zero-order chi connectivity index (χ0) is 13.9. The highest BCUT2D eigenvalue weighted by Crippen LogP contribution is 2.33. The van der Waals surface area contributed by atoms with Crippen molar-refractivity contribution in [2.45, 2.75) is 38.1 Å². The molecule has 0 bridgehead atoms. The quantitative estimate of drug-likeness (QED) is 0.783. The number of nitrogens with zero attached hydrogens (tertiary/aromatic N) is 1. The standard InChI is InChI=1S/C12H16N2O5/c1-2-18-9(15)8-7-19-11(13-8)14-12(10(16)17)5-3-4-6-12/h7H,2-6H2,1H3,(H,13,14)(H,16,17). The highest BCUT2D eigenvalue weighted by Gasteiger charge is 2.42. The third kappa shape index (κ3) is 2.69. The second-order valence-electron chi connectivity index (χ2n) is 4.48. The Labute approximate surface area is 110 Å². The highest BCUT2D eigenvalue weighted by molar-refractivity contribution is 5.87. The molecule has 1 aliphatic rings. The van der Waals surface area contributed by atoms with Crippen molar-refractivity contribution in [1.29, 1.82) is 0 Å². The first-order valence-electron chi connectivity index (χ1n) is 6.21. The molecule has 0 aromatic carbocycles. The summed E-state index contributed by atoms with van der Waals surface area (Å²) in [5.41, 5.74) is -1.01. The van der Waals surface area contributed by atoms with E-state index in [9.17, 15) is 14.7 Å². The molecule has 19 heavy (non-hydrogen) atoms. The molecule has 0 radical (unpaired) electrons. The fourth-order valence-corrected chi connectivity index (χ4v) is 2.21. The van der Waals surface area contributed by atoms with Crippen LogP contribution in [0.4, 0.5) is 6.01 Å². The maximum atomic E-state index is 11.4. The summed E-state index contributed by atoms with van der Waals surface area (Å²) in [6, 6.07) is 0.0346. The van der Waals surface area contributed by atoms with E-state index in [2.05, 4.69) is 10.3 Å². The minimum Gasteiger partial charge on any atom is -0.480 e. The van der Waals surface area contributed by atoms with Gasteiger partial charge in [-0.3, -0.25) is 0 Å². The van der Waals surface area contributed by atoms with Crippen LogP contribution in [0, 0.1) is 0 Å². The number of aliphatic carboxylic acids is 1. The van der Waals surface area contributed by atoms with Crippen molar-refractivity contribution >= 4 is 18.0 Å². The van der Waals surface area contributed by atoms with Gasteiger partial charge >= 0.3 is 11.9 Å². The smallest absolute Gasteiger partial charge is 0.360 e. The molecule has 0 atom stereocenters. The Hall–Kier alpha value is -2.05. The zero-order valence-electron chi connectivity index (χ0n) is 10.6. The molecule has 104 valence electrons. The number of hydrogen-bond acceptors (Lipinski definition) is 6. The largest absolute Gasteiger partial charge is 0.480 e. The van der Waals surface area contributed by atoms with Crippen molar-refractivity contribution in [1.82, 2.24) is 4.98 Å². The van der Waals surface area contributed by atoms with Crippen molar-refractivity contribution in [2.24, 2.45) is 0 Å². The van der Waals surface area contributed by atoms with Crippen LogP contribution >= 0.6 is 0 Å². The molecule has 0 spiro atoms. The molecule has 0 aliphatic heterocycles. The zero-order valence-corrected chi connectivity index (χ0v) is 10.6. The molecule has 0 unspecified atom stereocenters. The van der Waals surface area contributed by atoms with E-state index in [1.54, 1.807) is 6.92 Å². The molecule has 7 heteroatoms. The molecule has 2 rings (SSSR count). The van der Waals surface area contributed by atoms with Gasteiger partial charge in [-0.05, 0) is 19.8 Å². The molecule has 1 saturated carbocycles. The Morgan fingerprint density at radius 3 is 2.79 bits per heavy atom. The van der Waals surface area contributed by atoms with E-state index in [-0.39, 0.29) is 18.3 Å². The van der Waals surface area contributed by atoms with E-state index in [4.69, 9.17) is 9.15 Å². The van der Waals surface area contributed by atoms with Gasteiger partial charge < -0.3 is 19.6 Å². The minimum absolute atomic E-state index is 0.0304. The first-order valence-corrected chi connectivity index (χ1v) is 6.21. The predicted octanol–water partition coefficient (Wildman–Crippen LogP) is 1.66. The van der Waals surface area contributed by atoms with Crippen LogP contribution in [0.3, 0.4) is 0 Å². The van der Waals surface area contributed by atoms with Gasteiger partial charge in [0.1, 0.15) is 11.8 Å². The van der Waals surface area contributed by atoms with E-state index < -0.39 is 17.5 Å². The highest BCUT2D eigenvalue weighted by atomic mass is 16.5. The Kier molecular flexibility index (Phi) is 3.73. The van der Waals surface area contributed by atoms with Crippen LogP contribution in [-0.2, 0) is 9.53 Å². The lowest BCUT2D eigenvalue weighted by molar-refractivity contribution is -0.142. The van der Waals surface area contributed by atoms with Crippen LogP contribution in [0.2, 0.25) is 0 Å². The number of esters is 1. The van der Waals surface area contributed by atoms with Gasteiger partial charge in [0.05, 0.1) is 6.61 Å². The normalized spacial score (nSPS) is 17.1. The Balaban J connectivity index is 2.11. The number of anilines is 1. The summed E-state index contributed by atoms with van der Waals surface area (Å²) in [5, 5.41) is 12.1. The van der Waals surface area contributed by atoms with Gasteiger partial charge in [-0.1, -0.05) is 12.8 Å². The van der Waals surface area contributed by atoms with Crippen molar-refractivity contribution in [3.63, 3.8) is 0 Å². The van der Waals surface area contributed by atoms with Gasteiger partial charge in [-0.2, -0.15) is 4.98 Å². The number of nitrogens with one attached hydrogen (secondary N) is 1. The van der Waals surface area contributed by atoms with Crippen molar-refractivity contribution < 1.29 is 23.8 Å². The molecule has 7 nitrogen and oxygen atoms in total. The van der Waals surface area contributed by atoms with Gasteiger partial charge in [0, 0.05) is 0 Å². The monoisotopic (exact) mass is 268 g/mol. The van der Waals surface area contributed by atoms with Crippen molar-refractivity contribution in [3.05, 3.63) is 12.0 Å². The summed E-state index contributed by atoms with van der Waals surface area (Å²) in [4.78, 5) is 26.7. The lowest BCUT2D eigenvalue weighted by Crippen LogP contribution is -2.43. The fourth-order valence-electron chi connectivity index (χ4n) is 2.21. The summed E-state index contributed by atoms with van der Waals surface area (Å²) >= 11 is 0.